The minimum atomic E-state index is -0.673. The summed E-state index contributed by atoms with van der Waals surface area (Å²) in [4.78, 5) is 14.3. The number of ether oxygens (including phenoxy) is 1. The summed E-state index contributed by atoms with van der Waals surface area (Å²) in [5, 5.41) is -0.0244. The summed E-state index contributed by atoms with van der Waals surface area (Å²) in [6.07, 6.45) is 0.171. The number of fused-ring (bicyclic) bond motifs is 1. The quantitative estimate of drug-likeness (QED) is 0.860. The van der Waals surface area contributed by atoms with E-state index in [1.807, 2.05) is 24.3 Å². The molecule has 0 spiro atoms. The Morgan fingerprint density at radius 1 is 1.32 bits per heavy atom. The second-order valence-electron chi connectivity index (χ2n) is 5.20. The van der Waals surface area contributed by atoms with Crippen molar-refractivity contribution in [3.8, 4) is 5.75 Å². The third-order valence-electron chi connectivity index (χ3n) is 3.70. The van der Waals surface area contributed by atoms with Gasteiger partial charge >= 0.3 is 0 Å². The Bertz CT molecular complexity index is 720. The molecule has 1 heterocycles. The maximum absolute atomic E-state index is 13.1. The number of carbonyl (C=O) groups excluding carboxylic acids is 1. The lowest BCUT2D eigenvalue weighted by Crippen LogP contribution is -2.39. The highest BCUT2D eigenvalue weighted by Gasteiger charge is 2.28. The second kappa shape index (κ2) is 5.97. The van der Waals surface area contributed by atoms with Gasteiger partial charge in [-0.05, 0) is 37.1 Å². The normalized spacial score (nSPS) is 14.6. The van der Waals surface area contributed by atoms with E-state index in [-0.39, 0.29) is 10.9 Å². The lowest BCUT2D eigenvalue weighted by Gasteiger charge is -2.22. The zero-order valence-corrected chi connectivity index (χ0v) is 12.8. The van der Waals surface area contributed by atoms with Gasteiger partial charge in [0, 0.05) is 18.3 Å². The summed E-state index contributed by atoms with van der Waals surface area (Å²) in [6, 6.07) is 11.9. The van der Waals surface area contributed by atoms with E-state index in [0.29, 0.717) is 12.3 Å². The van der Waals surface area contributed by atoms with Crippen molar-refractivity contribution in [2.45, 2.75) is 19.4 Å². The minimum Gasteiger partial charge on any atom is -0.481 e. The van der Waals surface area contributed by atoms with Crippen LogP contribution in [0, 0.1) is 5.82 Å². The molecule has 1 atom stereocenters. The predicted octanol–water partition coefficient (Wildman–Crippen LogP) is 3.84. The fraction of sp³-hybridized carbons (Fsp3) is 0.235. The molecular formula is C17H15ClFNO2. The summed E-state index contributed by atoms with van der Waals surface area (Å²) >= 11 is 5.72. The van der Waals surface area contributed by atoms with Crippen LogP contribution in [0.1, 0.15) is 12.5 Å². The molecule has 5 heteroatoms. The van der Waals surface area contributed by atoms with Gasteiger partial charge in [-0.1, -0.05) is 29.8 Å². The summed E-state index contributed by atoms with van der Waals surface area (Å²) in [5.74, 6) is -0.258. The number of para-hydroxylation sites is 1. The fourth-order valence-electron chi connectivity index (χ4n) is 2.59. The number of hydrogen-bond donors (Lipinski definition) is 0. The van der Waals surface area contributed by atoms with Crippen molar-refractivity contribution in [1.82, 2.24) is 0 Å². The molecule has 0 aliphatic carbocycles. The maximum atomic E-state index is 13.1. The van der Waals surface area contributed by atoms with E-state index in [4.69, 9.17) is 16.3 Å². The van der Waals surface area contributed by atoms with Crippen LogP contribution in [-0.4, -0.2) is 18.6 Å². The first-order chi connectivity index (χ1) is 10.6. The monoisotopic (exact) mass is 319 g/mol. The van der Waals surface area contributed by atoms with Crippen LogP contribution in [0.4, 0.5) is 10.1 Å². The van der Waals surface area contributed by atoms with Gasteiger partial charge in [-0.25, -0.2) is 4.39 Å². The highest BCUT2D eigenvalue weighted by molar-refractivity contribution is 6.30. The third kappa shape index (κ3) is 2.79. The highest BCUT2D eigenvalue weighted by Crippen LogP contribution is 2.29. The van der Waals surface area contributed by atoms with E-state index >= 15 is 0 Å². The van der Waals surface area contributed by atoms with E-state index in [9.17, 15) is 9.18 Å². The summed E-state index contributed by atoms with van der Waals surface area (Å²) in [7, 11) is 0. The molecule has 0 N–H and O–H groups in total. The molecule has 0 aromatic heterocycles. The maximum Gasteiger partial charge on any atom is 0.267 e. The Labute approximate surface area is 133 Å². The fourth-order valence-corrected chi connectivity index (χ4v) is 2.76. The van der Waals surface area contributed by atoms with E-state index in [1.54, 1.807) is 11.8 Å². The van der Waals surface area contributed by atoms with Crippen LogP contribution in [0.5, 0.6) is 5.75 Å². The van der Waals surface area contributed by atoms with Crippen molar-refractivity contribution in [2.24, 2.45) is 0 Å². The van der Waals surface area contributed by atoms with Gasteiger partial charge in [-0.2, -0.15) is 0 Å². The van der Waals surface area contributed by atoms with Gasteiger partial charge in [0.1, 0.15) is 11.6 Å². The van der Waals surface area contributed by atoms with Crippen molar-refractivity contribution in [1.29, 1.82) is 0 Å². The second-order valence-corrected chi connectivity index (χ2v) is 5.61. The van der Waals surface area contributed by atoms with Gasteiger partial charge < -0.3 is 9.64 Å². The molecular weight excluding hydrogens is 305 g/mol. The van der Waals surface area contributed by atoms with Crippen molar-refractivity contribution in [3.63, 3.8) is 0 Å². The molecule has 1 amide bonds. The highest BCUT2D eigenvalue weighted by atomic mass is 35.5. The Morgan fingerprint density at radius 2 is 2.09 bits per heavy atom. The van der Waals surface area contributed by atoms with Crippen molar-refractivity contribution < 1.29 is 13.9 Å². The van der Waals surface area contributed by atoms with Gasteiger partial charge in [0.25, 0.3) is 5.91 Å². The van der Waals surface area contributed by atoms with Gasteiger partial charge in [0.15, 0.2) is 6.10 Å². The number of amides is 1. The molecule has 3 rings (SSSR count). The number of halogens is 2. The molecule has 0 unspecified atom stereocenters. The molecule has 1 aliphatic rings. The zero-order valence-electron chi connectivity index (χ0n) is 12.1. The van der Waals surface area contributed by atoms with Gasteiger partial charge in [0.2, 0.25) is 0 Å². The Hall–Kier alpha value is -2.07. The molecule has 3 nitrogen and oxygen atoms in total. The average molecular weight is 320 g/mol. The van der Waals surface area contributed by atoms with E-state index in [0.717, 1.165) is 17.7 Å². The Kier molecular flexibility index (Phi) is 4.03. The standard InChI is InChI=1S/C17H15ClFNO2/c1-11(22-13-6-7-15(19)14(18)10-13)17(21)20-9-8-12-4-2-3-5-16(12)20/h2-7,10-11H,8-9H2,1H3/t11-/m1/s1. The lowest BCUT2D eigenvalue weighted by atomic mass is 10.2. The minimum absolute atomic E-state index is 0.0244. The first-order valence-corrected chi connectivity index (χ1v) is 7.45. The van der Waals surface area contributed by atoms with Gasteiger partial charge in [-0.15, -0.1) is 0 Å². The van der Waals surface area contributed by atoms with Crippen molar-refractivity contribution >= 4 is 23.2 Å². The van der Waals surface area contributed by atoms with Crippen LogP contribution >= 0.6 is 11.6 Å². The lowest BCUT2D eigenvalue weighted by molar-refractivity contribution is -0.124. The van der Waals surface area contributed by atoms with Crippen LogP contribution in [0.15, 0.2) is 42.5 Å². The first kappa shape index (κ1) is 14.9. The average Bonchev–Trinajstić information content (AvgIpc) is 2.94. The number of nitrogens with zero attached hydrogens (tertiary/aromatic N) is 1. The molecule has 0 saturated heterocycles. The van der Waals surface area contributed by atoms with Crippen LogP contribution in [0.25, 0.3) is 0 Å². The van der Waals surface area contributed by atoms with Crippen LogP contribution < -0.4 is 9.64 Å². The number of carbonyl (C=O) groups is 1. The molecule has 2 aromatic rings. The van der Waals surface area contributed by atoms with E-state index in [2.05, 4.69) is 0 Å². The number of rotatable bonds is 3. The molecule has 2 aromatic carbocycles. The van der Waals surface area contributed by atoms with Gasteiger partial charge in [-0.3, -0.25) is 4.79 Å². The Balaban J connectivity index is 1.74. The predicted molar refractivity (Wildman–Crippen MR) is 84.0 cm³/mol. The molecule has 22 heavy (non-hydrogen) atoms. The topological polar surface area (TPSA) is 29.5 Å². The van der Waals surface area contributed by atoms with Crippen LogP contribution in [-0.2, 0) is 11.2 Å². The molecule has 114 valence electrons. The molecule has 0 bridgehead atoms. The van der Waals surface area contributed by atoms with Crippen molar-refractivity contribution in [3.05, 3.63) is 58.9 Å². The molecule has 1 aliphatic heterocycles. The third-order valence-corrected chi connectivity index (χ3v) is 3.99. The van der Waals surface area contributed by atoms with E-state index in [1.165, 1.54) is 18.2 Å². The zero-order chi connectivity index (χ0) is 15.7. The van der Waals surface area contributed by atoms with Crippen LogP contribution in [0.2, 0.25) is 5.02 Å². The van der Waals surface area contributed by atoms with E-state index < -0.39 is 11.9 Å². The van der Waals surface area contributed by atoms with Crippen molar-refractivity contribution in [2.75, 3.05) is 11.4 Å². The molecule has 0 radical (unpaired) electrons. The number of anilines is 1. The van der Waals surface area contributed by atoms with Crippen LogP contribution in [0.3, 0.4) is 0 Å². The smallest absolute Gasteiger partial charge is 0.267 e. The largest absolute Gasteiger partial charge is 0.481 e. The Morgan fingerprint density at radius 3 is 2.86 bits per heavy atom. The van der Waals surface area contributed by atoms with Gasteiger partial charge in [0.05, 0.1) is 5.02 Å². The SMILES string of the molecule is C[C@@H](Oc1ccc(F)c(Cl)c1)C(=O)N1CCc2ccccc21. The number of benzene rings is 2. The summed E-state index contributed by atoms with van der Waals surface area (Å²) in [6.45, 7) is 2.33. The molecule has 0 fully saturated rings. The summed E-state index contributed by atoms with van der Waals surface area (Å²) in [5.41, 5.74) is 2.09. The summed E-state index contributed by atoms with van der Waals surface area (Å²) < 4.78 is 18.7. The molecule has 0 saturated carbocycles. The number of hydrogen-bond acceptors (Lipinski definition) is 2. The first-order valence-electron chi connectivity index (χ1n) is 7.07.